The maximum absolute atomic E-state index is 12.4. The number of nitrogens with zero attached hydrogens (tertiary/aromatic N) is 2. The van der Waals surface area contributed by atoms with Crippen LogP contribution in [0.3, 0.4) is 0 Å². The Bertz CT molecular complexity index is 550. The molecule has 8 heteroatoms. The number of rotatable bonds is 6. The van der Waals surface area contributed by atoms with E-state index in [2.05, 4.69) is 10.3 Å². The van der Waals surface area contributed by atoms with Crippen LogP contribution < -0.4 is 5.32 Å². The minimum atomic E-state index is -1.14. The van der Waals surface area contributed by atoms with Crippen molar-refractivity contribution < 1.29 is 19.5 Å². The molecule has 21 heavy (non-hydrogen) atoms. The number of carbonyl (C=O) groups is 3. The lowest BCUT2D eigenvalue weighted by Crippen LogP contribution is -2.46. The van der Waals surface area contributed by atoms with Gasteiger partial charge in [-0.05, 0) is 13.0 Å². The lowest BCUT2D eigenvalue weighted by molar-refractivity contribution is -0.141. The van der Waals surface area contributed by atoms with Gasteiger partial charge in [0.15, 0.2) is 0 Å². The number of amides is 2. The molecule has 1 aromatic rings. The van der Waals surface area contributed by atoms with Crippen molar-refractivity contribution in [1.82, 2.24) is 15.2 Å². The van der Waals surface area contributed by atoms with Gasteiger partial charge in [-0.15, -0.1) is 0 Å². The van der Waals surface area contributed by atoms with E-state index in [0.29, 0.717) is 0 Å². The Morgan fingerprint density at radius 2 is 2.14 bits per heavy atom. The van der Waals surface area contributed by atoms with Crippen LogP contribution in [0.2, 0.25) is 5.02 Å². The molecule has 0 aliphatic rings. The zero-order valence-electron chi connectivity index (χ0n) is 11.7. The Kier molecular flexibility index (Phi) is 6.10. The van der Waals surface area contributed by atoms with Gasteiger partial charge in [-0.25, -0.2) is 4.79 Å². The molecule has 7 nitrogen and oxygen atoms in total. The smallest absolute Gasteiger partial charge is 0.326 e. The van der Waals surface area contributed by atoms with Gasteiger partial charge in [-0.3, -0.25) is 14.6 Å². The Balaban J connectivity index is 2.95. The maximum Gasteiger partial charge on any atom is 0.326 e. The zero-order valence-corrected chi connectivity index (χ0v) is 12.4. The van der Waals surface area contributed by atoms with Gasteiger partial charge in [-0.1, -0.05) is 11.6 Å². The number of carbonyl (C=O) groups excluding carboxylic acids is 2. The number of carboxylic acid groups (broad SMARTS) is 1. The first-order chi connectivity index (χ1) is 9.84. The third kappa shape index (κ3) is 4.71. The number of nitrogens with one attached hydrogen (secondary N) is 1. The summed E-state index contributed by atoms with van der Waals surface area (Å²) in [6, 6.07) is 0.375. The molecule has 0 saturated heterocycles. The van der Waals surface area contributed by atoms with Gasteiger partial charge in [0.1, 0.15) is 6.04 Å². The number of halogens is 1. The predicted molar refractivity (Wildman–Crippen MR) is 76.1 cm³/mol. The van der Waals surface area contributed by atoms with E-state index >= 15 is 0 Å². The number of hydrogen-bond donors (Lipinski definition) is 2. The second kappa shape index (κ2) is 7.58. The number of aromatic nitrogens is 1. The van der Waals surface area contributed by atoms with E-state index < -0.39 is 17.9 Å². The molecule has 2 N–H and O–H groups in total. The summed E-state index contributed by atoms with van der Waals surface area (Å²) in [6.07, 6.45) is 2.71. The molecule has 114 valence electrons. The fourth-order valence-corrected chi connectivity index (χ4v) is 1.86. The largest absolute Gasteiger partial charge is 0.480 e. The maximum atomic E-state index is 12.4. The number of hydrogen-bond acceptors (Lipinski definition) is 4. The van der Waals surface area contributed by atoms with Gasteiger partial charge < -0.3 is 15.3 Å². The Morgan fingerprint density at radius 1 is 1.48 bits per heavy atom. The van der Waals surface area contributed by atoms with Crippen LogP contribution in [0.5, 0.6) is 0 Å². The monoisotopic (exact) mass is 313 g/mol. The van der Waals surface area contributed by atoms with Gasteiger partial charge >= 0.3 is 5.97 Å². The number of carboxylic acids is 1. The highest BCUT2D eigenvalue weighted by Crippen LogP contribution is 2.17. The molecule has 1 heterocycles. The van der Waals surface area contributed by atoms with Gasteiger partial charge in [-0.2, -0.15) is 0 Å². The highest BCUT2D eigenvalue weighted by molar-refractivity contribution is 6.33. The molecule has 1 atom stereocenters. The molecule has 0 aliphatic carbocycles. The SMILES string of the molecule is CC(=O)NCCN(C(=O)c1ccncc1Cl)C(C)C(=O)O. The van der Waals surface area contributed by atoms with E-state index in [9.17, 15) is 14.4 Å². The van der Waals surface area contributed by atoms with E-state index in [4.69, 9.17) is 16.7 Å². The van der Waals surface area contributed by atoms with Gasteiger partial charge in [0.05, 0.1) is 10.6 Å². The zero-order chi connectivity index (χ0) is 16.0. The van der Waals surface area contributed by atoms with Crippen LogP contribution in [0.25, 0.3) is 0 Å². The minimum Gasteiger partial charge on any atom is -0.480 e. The van der Waals surface area contributed by atoms with Gasteiger partial charge in [0.25, 0.3) is 5.91 Å². The highest BCUT2D eigenvalue weighted by atomic mass is 35.5. The summed E-state index contributed by atoms with van der Waals surface area (Å²) in [5.74, 6) is -1.92. The summed E-state index contributed by atoms with van der Waals surface area (Å²) >= 11 is 5.90. The van der Waals surface area contributed by atoms with Crippen molar-refractivity contribution in [2.45, 2.75) is 19.9 Å². The quantitative estimate of drug-likeness (QED) is 0.808. The van der Waals surface area contributed by atoms with Crippen LogP contribution >= 0.6 is 11.6 Å². The Hall–Kier alpha value is -2.15. The van der Waals surface area contributed by atoms with Crippen LogP contribution in [0.4, 0.5) is 0 Å². The second-order valence-electron chi connectivity index (χ2n) is 4.35. The van der Waals surface area contributed by atoms with E-state index in [-0.39, 0.29) is 29.6 Å². The summed E-state index contributed by atoms with van der Waals surface area (Å²) in [5.41, 5.74) is 0.169. The standard InChI is InChI=1S/C13H16ClN3O4/c1-8(13(20)21)17(6-5-16-9(2)18)12(19)10-3-4-15-7-11(10)14/h3-4,7-8H,5-6H2,1-2H3,(H,16,18)(H,20,21). The average molecular weight is 314 g/mol. The minimum absolute atomic E-state index is 0.0601. The van der Waals surface area contributed by atoms with Crippen molar-refractivity contribution in [2.75, 3.05) is 13.1 Å². The molecule has 0 radical (unpaired) electrons. The molecule has 0 aromatic carbocycles. The summed E-state index contributed by atoms with van der Waals surface area (Å²) in [5, 5.41) is 11.8. The van der Waals surface area contributed by atoms with E-state index in [1.807, 2.05) is 0 Å². The first-order valence-corrected chi connectivity index (χ1v) is 6.60. The molecular formula is C13H16ClN3O4. The molecule has 0 saturated carbocycles. The lowest BCUT2D eigenvalue weighted by Gasteiger charge is -2.27. The first-order valence-electron chi connectivity index (χ1n) is 6.22. The fourth-order valence-electron chi connectivity index (χ4n) is 1.66. The predicted octanol–water partition coefficient (Wildman–Crippen LogP) is 0.786. The molecular weight excluding hydrogens is 298 g/mol. The van der Waals surface area contributed by atoms with Crippen molar-refractivity contribution in [3.63, 3.8) is 0 Å². The van der Waals surface area contributed by atoms with E-state index in [1.54, 1.807) is 0 Å². The van der Waals surface area contributed by atoms with E-state index in [0.717, 1.165) is 4.90 Å². The normalized spacial score (nSPS) is 11.6. The Labute approximate surface area is 126 Å². The summed E-state index contributed by atoms with van der Waals surface area (Å²) in [6.45, 7) is 2.95. The average Bonchev–Trinajstić information content (AvgIpc) is 2.42. The van der Waals surface area contributed by atoms with Crippen molar-refractivity contribution in [3.8, 4) is 0 Å². The summed E-state index contributed by atoms with van der Waals surface area (Å²) in [7, 11) is 0. The van der Waals surface area contributed by atoms with Crippen LogP contribution in [-0.4, -0.2) is 51.9 Å². The molecule has 2 amide bonds. The first kappa shape index (κ1) is 16.9. The van der Waals surface area contributed by atoms with Crippen molar-refractivity contribution >= 4 is 29.4 Å². The molecule has 0 spiro atoms. The second-order valence-corrected chi connectivity index (χ2v) is 4.76. The molecule has 1 rings (SSSR count). The van der Waals surface area contributed by atoms with Crippen LogP contribution in [-0.2, 0) is 9.59 Å². The number of pyridine rings is 1. The summed E-state index contributed by atoms with van der Waals surface area (Å²) in [4.78, 5) is 39.3. The van der Waals surface area contributed by atoms with Crippen molar-refractivity contribution in [1.29, 1.82) is 0 Å². The van der Waals surface area contributed by atoms with E-state index in [1.165, 1.54) is 32.3 Å². The molecule has 0 bridgehead atoms. The molecule has 0 fully saturated rings. The highest BCUT2D eigenvalue weighted by Gasteiger charge is 2.27. The Morgan fingerprint density at radius 3 is 2.67 bits per heavy atom. The van der Waals surface area contributed by atoms with Crippen LogP contribution in [0.15, 0.2) is 18.5 Å². The topological polar surface area (TPSA) is 99.6 Å². The number of aliphatic carboxylic acids is 1. The van der Waals surface area contributed by atoms with Gasteiger partial charge in [0, 0.05) is 32.4 Å². The van der Waals surface area contributed by atoms with Crippen LogP contribution in [0.1, 0.15) is 24.2 Å². The fraction of sp³-hybridized carbons (Fsp3) is 0.385. The molecule has 1 unspecified atom stereocenters. The van der Waals surface area contributed by atoms with Gasteiger partial charge in [0.2, 0.25) is 5.91 Å². The lowest BCUT2D eigenvalue weighted by atomic mass is 10.2. The van der Waals surface area contributed by atoms with Crippen LogP contribution in [0, 0.1) is 0 Å². The third-order valence-corrected chi connectivity index (χ3v) is 3.12. The molecule has 1 aromatic heterocycles. The molecule has 0 aliphatic heterocycles. The van der Waals surface area contributed by atoms with Crippen molar-refractivity contribution in [3.05, 3.63) is 29.0 Å². The van der Waals surface area contributed by atoms with Crippen molar-refractivity contribution in [2.24, 2.45) is 0 Å². The summed E-state index contributed by atoms with van der Waals surface area (Å²) < 4.78 is 0. The third-order valence-electron chi connectivity index (χ3n) is 2.82.